The first-order valence-corrected chi connectivity index (χ1v) is 14.4. The number of sulfonamides is 1. The maximum absolute atomic E-state index is 13.7. The number of amides is 1. The monoisotopic (exact) mass is 589 g/mol. The largest absolute Gasteiger partial charge is 0.497 e. The first kappa shape index (κ1) is 30.0. The summed E-state index contributed by atoms with van der Waals surface area (Å²) in [6.07, 6.45) is 1.50. The molecule has 4 rings (SSSR count). The summed E-state index contributed by atoms with van der Waals surface area (Å²) in [5.74, 6) is -0.223. The molecule has 0 aliphatic heterocycles. The number of carbonyl (C=O) groups excluding carboxylic acids is 1. The average molecular weight is 590 g/mol. The van der Waals surface area contributed by atoms with Gasteiger partial charge in [0.15, 0.2) is 0 Å². The van der Waals surface area contributed by atoms with Gasteiger partial charge < -0.3 is 9.30 Å². The van der Waals surface area contributed by atoms with E-state index < -0.39 is 27.4 Å². The quantitative estimate of drug-likeness (QED) is 0.158. The summed E-state index contributed by atoms with van der Waals surface area (Å²) in [5, 5.41) is 15.5. The van der Waals surface area contributed by atoms with Gasteiger partial charge in [-0.25, -0.2) is 13.8 Å². The molecule has 1 amide bonds. The fraction of sp³-hybridized carbons (Fsp3) is 0.200. The number of nitrogens with zero attached hydrogens (tertiary/aromatic N) is 4. The lowest BCUT2D eigenvalue weighted by molar-refractivity contribution is -0.385. The van der Waals surface area contributed by atoms with Crippen LogP contribution in [0.15, 0.2) is 82.8 Å². The van der Waals surface area contributed by atoms with Crippen molar-refractivity contribution in [2.24, 2.45) is 5.10 Å². The third-order valence-electron chi connectivity index (χ3n) is 6.77. The summed E-state index contributed by atoms with van der Waals surface area (Å²) < 4.78 is 35.5. The number of carbonyl (C=O) groups is 1. The number of nitrogens with one attached hydrogen (secondary N) is 1. The molecule has 3 aromatic carbocycles. The topological polar surface area (TPSA) is 136 Å². The van der Waals surface area contributed by atoms with Crippen molar-refractivity contribution in [2.75, 3.05) is 18.0 Å². The van der Waals surface area contributed by atoms with Crippen LogP contribution in [0.4, 0.5) is 11.4 Å². The number of aromatic nitrogens is 1. The van der Waals surface area contributed by atoms with E-state index in [0.717, 1.165) is 38.6 Å². The van der Waals surface area contributed by atoms with Crippen LogP contribution in [-0.2, 0) is 14.8 Å². The second-order valence-corrected chi connectivity index (χ2v) is 11.6. The maximum atomic E-state index is 13.7. The second kappa shape index (κ2) is 12.3. The standard InChI is InChI=1S/C30H31N5O6S/c1-20-6-9-26(10-7-20)34-22(3)16-24(23(34)4)18-31-32-30(36)19-33(25-11-13-27(41-5)14-12-25)42(39,40)28-15-8-21(2)29(17-28)35(37)38/h6-18H,19H2,1-5H3,(H,32,36)/b31-18+. The van der Waals surface area contributed by atoms with Gasteiger partial charge >= 0.3 is 0 Å². The number of benzene rings is 3. The first-order chi connectivity index (χ1) is 19.9. The molecule has 0 saturated carbocycles. The summed E-state index contributed by atoms with van der Waals surface area (Å²) in [6, 6.07) is 19.7. The number of ether oxygens (including phenoxy) is 1. The highest BCUT2D eigenvalue weighted by atomic mass is 32.2. The number of aryl methyl sites for hydroxylation is 3. The fourth-order valence-electron chi connectivity index (χ4n) is 4.49. The Morgan fingerprint density at radius 2 is 1.69 bits per heavy atom. The Balaban J connectivity index is 1.59. The molecule has 218 valence electrons. The molecular weight excluding hydrogens is 558 g/mol. The highest BCUT2D eigenvalue weighted by Crippen LogP contribution is 2.29. The van der Waals surface area contributed by atoms with E-state index in [9.17, 15) is 23.3 Å². The highest BCUT2D eigenvalue weighted by molar-refractivity contribution is 7.92. The van der Waals surface area contributed by atoms with Crippen molar-refractivity contribution in [3.63, 3.8) is 0 Å². The third kappa shape index (κ3) is 6.33. The van der Waals surface area contributed by atoms with Gasteiger partial charge in [0.2, 0.25) is 0 Å². The molecule has 0 spiro atoms. The van der Waals surface area contributed by atoms with Crippen LogP contribution >= 0.6 is 0 Å². The van der Waals surface area contributed by atoms with Crippen molar-refractivity contribution in [1.29, 1.82) is 0 Å². The van der Waals surface area contributed by atoms with Gasteiger partial charge in [-0.15, -0.1) is 0 Å². The van der Waals surface area contributed by atoms with Gasteiger partial charge in [0.05, 0.1) is 28.8 Å². The molecule has 0 aliphatic rings. The number of rotatable bonds is 10. The predicted molar refractivity (Wildman–Crippen MR) is 161 cm³/mol. The number of nitro benzene ring substituents is 1. The smallest absolute Gasteiger partial charge is 0.273 e. The van der Waals surface area contributed by atoms with Crippen LogP contribution in [0.3, 0.4) is 0 Å². The molecule has 0 radical (unpaired) electrons. The minimum Gasteiger partial charge on any atom is -0.497 e. The van der Waals surface area contributed by atoms with Crippen LogP contribution in [-0.4, -0.2) is 43.7 Å². The third-order valence-corrected chi connectivity index (χ3v) is 8.54. The minimum atomic E-state index is -4.39. The van der Waals surface area contributed by atoms with Crippen molar-refractivity contribution >= 4 is 33.5 Å². The Labute approximate surface area is 244 Å². The van der Waals surface area contributed by atoms with E-state index >= 15 is 0 Å². The molecule has 1 N–H and O–H groups in total. The summed E-state index contributed by atoms with van der Waals surface area (Å²) >= 11 is 0. The molecule has 12 heteroatoms. The lowest BCUT2D eigenvalue weighted by atomic mass is 10.2. The number of methoxy groups -OCH3 is 1. The number of hydrogen-bond acceptors (Lipinski definition) is 7. The molecule has 0 saturated heterocycles. The van der Waals surface area contributed by atoms with E-state index in [1.807, 2.05) is 51.1 Å². The molecule has 0 atom stereocenters. The Morgan fingerprint density at radius 3 is 2.31 bits per heavy atom. The zero-order chi connectivity index (χ0) is 30.6. The molecule has 1 aromatic heterocycles. The number of hydrogen-bond donors (Lipinski definition) is 1. The van der Waals surface area contributed by atoms with Gasteiger partial charge in [0.25, 0.3) is 21.6 Å². The highest BCUT2D eigenvalue weighted by Gasteiger charge is 2.29. The zero-order valence-corrected chi connectivity index (χ0v) is 24.7. The predicted octanol–water partition coefficient (Wildman–Crippen LogP) is 4.97. The number of hydrazone groups is 1. The molecular formula is C30H31N5O6S. The van der Waals surface area contributed by atoms with E-state index in [2.05, 4.69) is 15.1 Å². The van der Waals surface area contributed by atoms with Gasteiger partial charge in [-0.05, 0) is 76.2 Å². The summed E-state index contributed by atoms with van der Waals surface area (Å²) in [7, 11) is -2.92. The van der Waals surface area contributed by atoms with Gasteiger partial charge in [0.1, 0.15) is 12.3 Å². The molecule has 11 nitrogen and oxygen atoms in total. The Bertz CT molecular complexity index is 1760. The molecule has 0 bridgehead atoms. The van der Waals surface area contributed by atoms with E-state index in [1.54, 1.807) is 12.1 Å². The molecule has 4 aromatic rings. The Hall–Kier alpha value is -4.97. The lowest BCUT2D eigenvalue weighted by Gasteiger charge is -2.24. The van der Waals surface area contributed by atoms with Crippen molar-refractivity contribution in [2.45, 2.75) is 32.6 Å². The Kier molecular flexibility index (Phi) is 8.76. The van der Waals surface area contributed by atoms with Crippen molar-refractivity contribution < 1.29 is 22.9 Å². The summed E-state index contributed by atoms with van der Waals surface area (Å²) in [5.41, 5.74) is 7.35. The molecule has 0 fully saturated rings. The maximum Gasteiger partial charge on any atom is 0.273 e. The van der Waals surface area contributed by atoms with Crippen molar-refractivity contribution in [3.05, 3.63) is 111 Å². The van der Waals surface area contributed by atoms with Crippen LogP contribution in [0, 0.1) is 37.8 Å². The fourth-order valence-corrected chi connectivity index (χ4v) is 5.93. The minimum absolute atomic E-state index is 0.166. The van der Waals surface area contributed by atoms with Crippen LogP contribution in [0.1, 0.15) is 28.1 Å². The van der Waals surface area contributed by atoms with Crippen LogP contribution in [0.2, 0.25) is 0 Å². The van der Waals surface area contributed by atoms with Crippen LogP contribution in [0.5, 0.6) is 5.75 Å². The Morgan fingerprint density at radius 1 is 1.02 bits per heavy atom. The summed E-state index contributed by atoms with van der Waals surface area (Å²) in [6.45, 7) is 6.81. The van der Waals surface area contributed by atoms with Gasteiger partial charge in [-0.1, -0.05) is 23.8 Å². The van der Waals surface area contributed by atoms with Gasteiger partial charge in [0, 0.05) is 34.3 Å². The normalized spacial score (nSPS) is 11.5. The second-order valence-electron chi connectivity index (χ2n) is 9.71. The van der Waals surface area contributed by atoms with E-state index in [4.69, 9.17) is 4.74 Å². The number of anilines is 1. The first-order valence-electron chi connectivity index (χ1n) is 12.9. The SMILES string of the molecule is COc1ccc(N(CC(=O)N/N=C/c2cc(C)n(-c3ccc(C)cc3)c2C)S(=O)(=O)c2ccc(C)c([N+](=O)[O-])c2)cc1. The van der Waals surface area contributed by atoms with Crippen LogP contribution in [0.25, 0.3) is 5.69 Å². The lowest BCUT2D eigenvalue weighted by Crippen LogP contribution is -2.39. The van der Waals surface area contributed by atoms with E-state index in [0.29, 0.717) is 11.3 Å². The number of nitro groups is 1. The van der Waals surface area contributed by atoms with E-state index in [-0.39, 0.29) is 16.3 Å². The summed E-state index contributed by atoms with van der Waals surface area (Å²) in [4.78, 5) is 23.5. The zero-order valence-electron chi connectivity index (χ0n) is 23.9. The molecule has 0 aliphatic carbocycles. The molecule has 42 heavy (non-hydrogen) atoms. The molecule has 0 unspecified atom stereocenters. The average Bonchev–Trinajstić information content (AvgIpc) is 3.24. The van der Waals surface area contributed by atoms with E-state index in [1.165, 1.54) is 44.5 Å². The molecule has 1 heterocycles. The van der Waals surface area contributed by atoms with Gasteiger partial charge in [-0.3, -0.25) is 19.2 Å². The van der Waals surface area contributed by atoms with Gasteiger partial charge in [-0.2, -0.15) is 5.10 Å². The van der Waals surface area contributed by atoms with Crippen molar-refractivity contribution in [3.8, 4) is 11.4 Å². The van der Waals surface area contributed by atoms with Crippen molar-refractivity contribution in [1.82, 2.24) is 9.99 Å². The van der Waals surface area contributed by atoms with Crippen LogP contribution < -0.4 is 14.5 Å².